The van der Waals surface area contributed by atoms with Crippen LogP contribution in [-0.2, 0) is 19.5 Å². The van der Waals surface area contributed by atoms with Gasteiger partial charge in [0.1, 0.15) is 17.3 Å². The number of fused-ring (bicyclic) bond motifs is 2. The van der Waals surface area contributed by atoms with Gasteiger partial charge < -0.3 is 19.7 Å². The fourth-order valence-electron chi connectivity index (χ4n) is 7.39. The van der Waals surface area contributed by atoms with Crippen LogP contribution in [0.5, 0.6) is 0 Å². The highest BCUT2D eigenvalue weighted by Gasteiger charge is 2.29. The minimum Gasteiger partial charge on any atom is -0.348 e. The van der Waals surface area contributed by atoms with Gasteiger partial charge in [0.05, 0.1) is 17.3 Å². The molecule has 2 aromatic carbocycles. The summed E-state index contributed by atoms with van der Waals surface area (Å²) in [6.45, 7) is 3.66. The molecule has 1 saturated carbocycles. The number of benzene rings is 2. The maximum absolute atomic E-state index is 14.5. The van der Waals surface area contributed by atoms with E-state index in [9.17, 15) is 18.8 Å². The van der Waals surface area contributed by atoms with Gasteiger partial charge >= 0.3 is 5.69 Å². The van der Waals surface area contributed by atoms with Gasteiger partial charge in [-0.3, -0.25) is 14.2 Å². The maximum atomic E-state index is 14.5. The Labute approximate surface area is 296 Å². The smallest absolute Gasteiger partial charge is 0.337 e. The molecule has 4 heterocycles. The summed E-state index contributed by atoms with van der Waals surface area (Å²) in [7, 11) is 6.25. The lowest BCUT2D eigenvalue weighted by atomic mass is 9.90. The van der Waals surface area contributed by atoms with Gasteiger partial charge in [-0.1, -0.05) is 36.4 Å². The number of pyridine rings is 1. The number of likely N-dealkylation sites (N-methyl/N-ethyl adjacent to an activating group) is 2. The Morgan fingerprint density at radius 1 is 0.961 bits per heavy atom. The highest BCUT2D eigenvalue weighted by Crippen LogP contribution is 2.29. The molecule has 3 aromatic heterocycles. The van der Waals surface area contributed by atoms with E-state index in [0.717, 1.165) is 74.7 Å². The number of amides is 1. The molecule has 1 N–H and O–H groups in total. The number of rotatable bonds is 10. The van der Waals surface area contributed by atoms with E-state index in [1.165, 1.54) is 14.7 Å². The number of aryl methyl sites for hydroxylation is 2. The second-order valence-electron chi connectivity index (χ2n) is 14.3. The number of carbonyl (C=O) groups excluding carboxylic acids is 1. The van der Waals surface area contributed by atoms with Crippen molar-refractivity contribution < 1.29 is 9.18 Å². The lowest BCUT2D eigenvalue weighted by Gasteiger charge is -2.30. The highest BCUT2D eigenvalue weighted by molar-refractivity contribution is 5.92. The summed E-state index contributed by atoms with van der Waals surface area (Å²) in [5.74, 6) is 0.102. The molecule has 51 heavy (non-hydrogen) atoms. The maximum Gasteiger partial charge on any atom is 0.337 e. The van der Waals surface area contributed by atoms with E-state index in [0.29, 0.717) is 37.1 Å². The largest absolute Gasteiger partial charge is 0.348 e. The second kappa shape index (κ2) is 14.7. The van der Waals surface area contributed by atoms with Gasteiger partial charge in [0.15, 0.2) is 5.65 Å². The Morgan fingerprint density at radius 3 is 2.49 bits per heavy atom. The first-order valence-corrected chi connectivity index (χ1v) is 17.9. The van der Waals surface area contributed by atoms with Crippen LogP contribution in [0.3, 0.4) is 0 Å². The Bertz CT molecular complexity index is 2140. The second-order valence-corrected chi connectivity index (χ2v) is 14.3. The van der Waals surface area contributed by atoms with Crippen LogP contribution in [0.4, 0.5) is 4.39 Å². The van der Waals surface area contributed by atoms with Crippen molar-refractivity contribution >= 4 is 16.9 Å². The molecule has 1 amide bonds. The predicted molar refractivity (Wildman–Crippen MR) is 196 cm³/mol. The SMILES string of the molecule is CN(C)CCN(C)Cc1ccc(-c2cccc(-n3c(=O)n([C@H]4CC[C@@H](NC(=O)c5cn6c(n5)CCCC6)CC4)c(=O)c4cc(F)cnc43)c2)cc1. The van der Waals surface area contributed by atoms with E-state index in [4.69, 9.17) is 0 Å². The van der Waals surface area contributed by atoms with Gasteiger partial charge in [0, 0.05) is 50.9 Å². The average Bonchev–Trinajstić information content (AvgIpc) is 3.57. The Balaban J connectivity index is 1.13. The monoisotopic (exact) mass is 692 g/mol. The van der Waals surface area contributed by atoms with Gasteiger partial charge in [-0.05, 0) is 94.6 Å². The molecule has 0 atom stereocenters. The zero-order valence-electron chi connectivity index (χ0n) is 29.5. The van der Waals surface area contributed by atoms with Crippen LogP contribution < -0.4 is 16.6 Å². The molecule has 2 aliphatic rings. The summed E-state index contributed by atoms with van der Waals surface area (Å²) in [6, 6.07) is 16.6. The summed E-state index contributed by atoms with van der Waals surface area (Å²) in [5.41, 5.74) is 3.08. The van der Waals surface area contributed by atoms with Crippen LogP contribution in [0.2, 0.25) is 0 Å². The van der Waals surface area contributed by atoms with Crippen molar-refractivity contribution in [3.63, 3.8) is 0 Å². The first-order chi connectivity index (χ1) is 24.6. The first-order valence-electron chi connectivity index (χ1n) is 17.9. The molecule has 11 nitrogen and oxygen atoms in total. The Kier molecular flexibility index (Phi) is 9.97. The zero-order valence-corrected chi connectivity index (χ0v) is 29.5. The molecule has 12 heteroatoms. The number of nitrogens with one attached hydrogen (secondary N) is 1. The molecule has 0 radical (unpaired) electrons. The van der Waals surface area contributed by atoms with Crippen LogP contribution in [0.25, 0.3) is 27.8 Å². The van der Waals surface area contributed by atoms with E-state index < -0.39 is 23.1 Å². The number of carbonyl (C=O) groups is 1. The number of aromatic nitrogens is 5. The molecule has 266 valence electrons. The molecule has 1 fully saturated rings. The average molecular weight is 693 g/mol. The Hall–Kier alpha value is -4.94. The fourth-order valence-corrected chi connectivity index (χ4v) is 7.39. The number of hydrogen-bond acceptors (Lipinski definition) is 7. The molecule has 0 bridgehead atoms. The normalized spacial score (nSPS) is 17.6. The van der Waals surface area contributed by atoms with Gasteiger partial charge in [-0.15, -0.1) is 0 Å². The quantitative estimate of drug-likeness (QED) is 0.224. The van der Waals surface area contributed by atoms with Crippen LogP contribution in [0.15, 0.2) is 76.6 Å². The van der Waals surface area contributed by atoms with Crippen molar-refractivity contribution in [1.29, 1.82) is 0 Å². The van der Waals surface area contributed by atoms with Crippen molar-refractivity contribution in [2.75, 3.05) is 34.2 Å². The molecule has 7 rings (SSSR count). The van der Waals surface area contributed by atoms with E-state index in [-0.39, 0.29) is 23.0 Å². The molecule has 0 unspecified atom stereocenters. The Morgan fingerprint density at radius 2 is 1.75 bits per heavy atom. The van der Waals surface area contributed by atoms with Crippen LogP contribution >= 0.6 is 0 Å². The molecule has 0 saturated heterocycles. The minimum absolute atomic E-state index is 0.0434. The van der Waals surface area contributed by atoms with Gasteiger partial charge in [0.25, 0.3) is 11.5 Å². The van der Waals surface area contributed by atoms with Crippen LogP contribution in [0, 0.1) is 5.82 Å². The molecule has 1 aliphatic carbocycles. The van der Waals surface area contributed by atoms with Crippen molar-refractivity contribution in [3.05, 3.63) is 111 Å². The summed E-state index contributed by atoms with van der Waals surface area (Å²) in [5, 5.41) is 3.16. The van der Waals surface area contributed by atoms with Gasteiger partial charge in [0.2, 0.25) is 0 Å². The molecular weight excluding hydrogens is 647 g/mol. The standard InChI is InChI=1S/C39H45FN8O3/c1-44(2)19-20-45(3)24-26-10-12-27(13-11-26)28-7-6-8-32(21-28)47-36-33(22-29(40)23-41-36)38(50)48(39(47)51)31-16-14-30(15-17-31)42-37(49)34-25-46-18-5-4-9-35(46)43-34/h6-8,10-13,21-23,25,30-31H,4-5,9,14-20,24H2,1-3H3,(H,42,49)/t30-,31+. The van der Waals surface area contributed by atoms with Crippen molar-refractivity contribution in [2.24, 2.45) is 0 Å². The van der Waals surface area contributed by atoms with E-state index in [1.54, 1.807) is 6.07 Å². The van der Waals surface area contributed by atoms with Crippen molar-refractivity contribution in [3.8, 4) is 16.8 Å². The summed E-state index contributed by atoms with van der Waals surface area (Å²) < 4.78 is 19.3. The molecular formula is C39H45FN8O3. The fraction of sp³-hybridized carbons (Fsp3) is 0.410. The summed E-state index contributed by atoms with van der Waals surface area (Å²) >= 11 is 0. The lowest BCUT2D eigenvalue weighted by molar-refractivity contribution is 0.0917. The lowest BCUT2D eigenvalue weighted by Crippen LogP contribution is -2.45. The third-order valence-electron chi connectivity index (χ3n) is 10.2. The first kappa shape index (κ1) is 34.5. The third-order valence-corrected chi connectivity index (χ3v) is 10.2. The predicted octanol–water partition coefficient (Wildman–Crippen LogP) is 4.79. The van der Waals surface area contributed by atoms with Crippen molar-refractivity contribution in [2.45, 2.75) is 70.1 Å². The number of imidazole rings is 1. The minimum atomic E-state index is -0.648. The van der Waals surface area contributed by atoms with Crippen LogP contribution in [-0.4, -0.2) is 79.7 Å². The van der Waals surface area contributed by atoms with Crippen LogP contribution in [0.1, 0.15) is 66.4 Å². The van der Waals surface area contributed by atoms with Gasteiger partial charge in [-0.25, -0.2) is 23.7 Å². The van der Waals surface area contributed by atoms with Crippen molar-refractivity contribution in [1.82, 2.24) is 38.8 Å². The van der Waals surface area contributed by atoms with E-state index >= 15 is 0 Å². The number of halogens is 1. The topological polar surface area (TPSA) is 110 Å². The number of hydrogen-bond donors (Lipinski definition) is 1. The zero-order chi connectivity index (χ0) is 35.6. The number of nitrogens with zero attached hydrogens (tertiary/aromatic N) is 7. The highest BCUT2D eigenvalue weighted by atomic mass is 19.1. The summed E-state index contributed by atoms with van der Waals surface area (Å²) in [4.78, 5) is 54.5. The summed E-state index contributed by atoms with van der Waals surface area (Å²) in [6.07, 6.45) is 8.09. The molecule has 0 spiro atoms. The van der Waals surface area contributed by atoms with Gasteiger partial charge in [-0.2, -0.15) is 0 Å². The van der Waals surface area contributed by atoms with E-state index in [1.807, 2.05) is 24.4 Å². The molecule has 1 aliphatic heterocycles. The third kappa shape index (κ3) is 7.43. The van der Waals surface area contributed by atoms with E-state index in [2.05, 4.69) is 75.1 Å². The molecule has 5 aromatic rings.